The maximum atomic E-state index is 12.7. The number of ether oxygens (including phenoxy) is 1. The number of aryl methyl sites for hydroxylation is 1. The Morgan fingerprint density at radius 1 is 1.29 bits per heavy atom. The van der Waals surface area contributed by atoms with E-state index in [4.69, 9.17) is 15.0 Å². The van der Waals surface area contributed by atoms with Gasteiger partial charge in [0.05, 0.1) is 17.3 Å². The Morgan fingerprint density at radius 2 is 2.12 bits per heavy atom. The largest absolute Gasteiger partial charge is 0.491 e. The number of nitrogens with two attached hydrogens (primary N) is 1. The minimum absolute atomic E-state index is 0.0595. The van der Waals surface area contributed by atoms with Crippen molar-refractivity contribution in [2.75, 3.05) is 11.9 Å². The lowest BCUT2D eigenvalue weighted by Crippen LogP contribution is -2.33. The summed E-state index contributed by atoms with van der Waals surface area (Å²) >= 11 is 0. The fourth-order valence-corrected chi connectivity index (χ4v) is 3.58. The van der Waals surface area contributed by atoms with E-state index in [0.29, 0.717) is 17.0 Å². The average Bonchev–Trinajstić information content (AvgIpc) is 2.94. The first-order chi connectivity index (χ1) is 11.6. The van der Waals surface area contributed by atoms with Gasteiger partial charge in [-0.25, -0.2) is 0 Å². The lowest BCUT2D eigenvalue weighted by Gasteiger charge is -2.27. The number of carbonyl (C=O) groups excluding carboxylic acids is 2. The molecule has 2 atom stereocenters. The second kappa shape index (κ2) is 5.67. The number of para-hydroxylation sites is 2. The first-order valence-corrected chi connectivity index (χ1v) is 7.96. The Hall–Kier alpha value is -2.83. The molecule has 4 rings (SSSR count). The summed E-state index contributed by atoms with van der Waals surface area (Å²) in [5.41, 5.74) is 7.45. The molecule has 7 nitrogen and oxygen atoms in total. The van der Waals surface area contributed by atoms with Crippen molar-refractivity contribution < 1.29 is 18.8 Å². The Balaban J connectivity index is 1.70. The molecule has 1 aliphatic carbocycles. The van der Waals surface area contributed by atoms with E-state index < -0.39 is 11.8 Å². The normalized spacial score (nSPS) is 22.6. The molecule has 2 aliphatic rings. The van der Waals surface area contributed by atoms with Crippen molar-refractivity contribution in [2.24, 2.45) is 11.7 Å². The van der Waals surface area contributed by atoms with Gasteiger partial charge < -0.3 is 20.3 Å². The molecule has 1 unspecified atom stereocenters. The maximum absolute atomic E-state index is 12.7. The third kappa shape index (κ3) is 2.33. The number of fused-ring (bicyclic) bond motifs is 2. The monoisotopic (exact) mass is 327 g/mol. The molecule has 1 aromatic heterocycles. The van der Waals surface area contributed by atoms with Crippen molar-refractivity contribution in [3.63, 3.8) is 0 Å². The highest BCUT2D eigenvalue weighted by Crippen LogP contribution is 2.41. The standard InChI is InChI=1S/C17H17N3O4/c18-16(21)15-14-9(4-3-6-12(14)20-24-15)10-8-23-13-7-2-1-5-11(13)19-17(10)22/h1-2,5,7,9-10H,3-4,6,8H2,(H2,18,21)(H,19,22)/t9?,10-/m1/s1. The number of aromatic nitrogens is 1. The van der Waals surface area contributed by atoms with Gasteiger partial charge >= 0.3 is 0 Å². The quantitative estimate of drug-likeness (QED) is 0.875. The van der Waals surface area contributed by atoms with E-state index in [1.165, 1.54) is 0 Å². The van der Waals surface area contributed by atoms with Gasteiger partial charge in [-0.2, -0.15) is 0 Å². The van der Waals surface area contributed by atoms with Crippen LogP contribution in [0.4, 0.5) is 5.69 Å². The Bertz CT molecular complexity index is 814. The van der Waals surface area contributed by atoms with Crippen LogP contribution >= 0.6 is 0 Å². The third-order valence-electron chi connectivity index (χ3n) is 4.71. The van der Waals surface area contributed by atoms with Gasteiger partial charge in [0.1, 0.15) is 12.4 Å². The summed E-state index contributed by atoms with van der Waals surface area (Å²) in [6, 6.07) is 7.32. The molecule has 2 aromatic rings. The zero-order valence-electron chi connectivity index (χ0n) is 13.0. The fraction of sp³-hybridized carbons (Fsp3) is 0.353. The molecule has 2 heterocycles. The van der Waals surface area contributed by atoms with Crippen molar-refractivity contribution in [3.8, 4) is 5.75 Å². The first-order valence-electron chi connectivity index (χ1n) is 7.96. The number of amides is 2. The van der Waals surface area contributed by atoms with Gasteiger partial charge in [-0.15, -0.1) is 0 Å². The summed E-state index contributed by atoms with van der Waals surface area (Å²) < 4.78 is 11.0. The predicted molar refractivity (Wildman–Crippen MR) is 84.8 cm³/mol. The number of nitrogens with one attached hydrogen (secondary N) is 1. The van der Waals surface area contributed by atoms with Crippen molar-refractivity contribution in [3.05, 3.63) is 41.3 Å². The van der Waals surface area contributed by atoms with Gasteiger partial charge in [0.25, 0.3) is 5.91 Å². The highest BCUT2D eigenvalue weighted by molar-refractivity contribution is 5.96. The van der Waals surface area contributed by atoms with E-state index in [0.717, 1.165) is 25.0 Å². The molecular weight excluding hydrogens is 310 g/mol. The second-order valence-electron chi connectivity index (χ2n) is 6.14. The number of anilines is 1. The Morgan fingerprint density at radius 3 is 2.96 bits per heavy atom. The molecule has 1 aliphatic heterocycles. The van der Waals surface area contributed by atoms with Crippen LogP contribution in [0.15, 0.2) is 28.8 Å². The number of hydrogen-bond donors (Lipinski definition) is 2. The number of primary amides is 1. The van der Waals surface area contributed by atoms with Crippen molar-refractivity contribution >= 4 is 17.5 Å². The van der Waals surface area contributed by atoms with Crippen LogP contribution in [0.3, 0.4) is 0 Å². The minimum Gasteiger partial charge on any atom is -0.491 e. The smallest absolute Gasteiger partial charge is 0.287 e. The number of nitrogens with zero attached hydrogens (tertiary/aromatic N) is 1. The van der Waals surface area contributed by atoms with Crippen LogP contribution < -0.4 is 15.8 Å². The summed E-state index contributed by atoms with van der Waals surface area (Å²) in [5.74, 6) is -0.719. The van der Waals surface area contributed by atoms with Gasteiger partial charge in [-0.05, 0) is 31.4 Å². The van der Waals surface area contributed by atoms with Crippen LogP contribution in [0.5, 0.6) is 5.75 Å². The molecule has 0 radical (unpaired) electrons. The van der Waals surface area contributed by atoms with Gasteiger partial charge in [0.2, 0.25) is 11.7 Å². The topological polar surface area (TPSA) is 107 Å². The van der Waals surface area contributed by atoms with Crippen LogP contribution in [0, 0.1) is 5.92 Å². The van der Waals surface area contributed by atoms with Gasteiger partial charge in [-0.3, -0.25) is 9.59 Å². The van der Waals surface area contributed by atoms with Gasteiger partial charge in [0, 0.05) is 11.5 Å². The van der Waals surface area contributed by atoms with E-state index in [9.17, 15) is 9.59 Å². The molecule has 0 spiro atoms. The molecule has 2 amide bonds. The highest BCUT2D eigenvalue weighted by atomic mass is 16.5. The summed E-state index contributed by atoms with van der Waals surface area (Å²) in [4.78, 5) is 24.4. The summed E-state index contributed by atoms with van der Waals surface area (Å²) in [6.07, 6.45) is 2.35. The fourth-order valence-electron chi connectivity index (χ4n) is 3.58. The Labute approximate surface area is 138 Å². The predicted octanol–water partition coefficient (Wildman–Crippen LogP) is 1.84. The molecule has 24 heavy (non-hydrogen) atoms. The molecule has 0 fully saturated rings. The maximum Gasteiger partial charge on any atom is 0.287 e. The van der Waals surface area contributed by atoms with Crippen molar-refractivity contribution in [2.45, 2.75) is 25.2 Å². The highest BCUT2D eigenvalue weighted by Gasteiger charge is 2.40. The molecule has 124 valence electrons. The molecule has 7 heteroatoms. The van der Waals surface area contributed by atoms with Crippen molar-refractivity contribution in [1.29, 1.82) is 0 Å². The van der Waals surface area contributed by atoms with Gasteiger partial charge in [0.15, 0.2) is 0 Å². The number of benzene rings is 1. The van der Waals surface area contributed by atoms with E-state index in [2.05, 4.69) is 10.5 Å². The number of carbonyl (C=O) groups is 2. The van der Waals surface area contributed by atoms with E-state index in [-0.39, 0.29) is 24.2 Å². The van der Waals surface area contributed by atoms with Crippen LogP contribution in [0.1, 0.15) is 40.6 Å². The Kier molecular flexibility index (Phi) is 3.48. The summed E-state index contributed by atoms with van der Waals surface area (Å²) in [6.45, 7) is 0.232. The van der Waals surface area contributed by atoms with Crippen LogP contribution in [0.25, 0.3) is 0 Å². The molecule has 3 N–H and O–H groups in total. The third-order valence-corrected chi connectivity index (χ3v) is 4.71. The van der Waals surface area contributed by atoms with Crippen LogP contribution in [-0.4, -0.2) is 23.6 Å². The number of hydrogen-bond acceptors (Lipinski definition) is 5. The van der Waals surface area contributed by atoms with E-state index >= 15 is 0 Å². The lowest BCUT2D eigenvalue weighted by atomic mass is 9.77. The van der Waals surface area contributed by atoms with Crippen LogP contribution in [0.2, 0.25) is 0 Å². The molecule has 0 bridgehead atoms. The average molecular weight is 327 g/mol. The summed E-state index contributed by atoms with van der Waals surface area (Å²) in [7, 11) is 0. The zero-order valence-corrected chi connectivity index (χ0v) is 13.0. The SMILES string of the molecule is NC(=O)c1onc2c1C([C@H]1COc3ccccc3NC1=O)CCC2. The molecular formula is C17H17N3O4. The lowest BCUT2D eigenvalue weighted by molar-refractivity contribution is -0.121. The van der Waals surface area contributed by atoms with Crippen LogP contribution in [-0.2, 0) is 11.2 Å². The van der Waals surface area contributed by atoms with Gasteiger partial charge in [-0.1, -0.05) is 17.3 Å². The number of rotatable bonds is 2. The first kappa shape index (κ1) is 14.7. The molecule has 1 aromatic carbocycles. The minimum atomic E-state index is -0.658. The second-order valence-corrected chi connectivity index (χ2v) is 6.14. The van der Waals surface area contributed by atoms with E-state index in [1.54, 1.807) is 6.07 Å². The zero-order chi connectivity index (χ0) is 16.7. The molecule has 0 saturated heterocycles. The van der Waals surface area contributed by atoms with Crippen molar-refractivity contribution in [1.82, 2.24) is 5.16 Å². The molecule has 0 saturated carbocycles. The summed E-state index contributed by atoms with van der Waals surface area (Å²) in [5, 5.41) is 6.87. The van der Waals surface area contributed by atoms with E-state index in [1.807, 2.05) is 18.2 Å².